The smallest absolute Gasteiger partial charge is 0.325 e. The summed E-state index contributed by atoms with van der Waals surface area (Å²) in [5.74, 6) is -1.80. The van der Waals surface area contributed by atoms with E-state index in [9.17, 15) is 26.4 Å². The molecule has 33 heavy (non-hydrogen) atoms. The SMILES string of the molecule is COC(=O)Cn1c(=NC(=O)CCS(=O)(=O)Cc2ccccc2)sc2cc(S(C)(=O)=O)ccc21. The number of carbonyl (C=O) groups is 2. The van der Waals surface area contributed by atoms with Gasteiger partial charge in [0.25, 0.3) is 0 Å². The third-order valence-electron chi connectivity index (χ3n) is 4.67. The van der Waals surface area contributed by atoms with Crippen LogP contribution in [-0.4, -0.2) is 52.4 Å². The molecule has 3 rings (SSSR count). The Morgan fingerprint density at radius 2 is 1.76 bits per heavy atom. The number of ether oxygens (including phenoxy) is 1. The summed E-state index contributed by atoms with van der Waals surface area (Å²) in [4.78, 5) is 28.6. The number of esters is 1. The van der Waals surface area contributed by atoms with Crippen LogP contribution < -0.4 is 4.80 Å². The highest BCUT2D eigenvalue weighted by Gasteiger charge is 2.17. The molecule has 0 radical (unpaired) electrons. The summed E-state index contributed by atoms with van der Waals surface area (Å²) in [5.41, 5.74) is 1.13. The van der Waals surface area contributed by atoms with Crippen molar-refractivity contribution in [1.29, 1.82) is 0 Å². The molecule has 0 atom stereocenters. The van der Waals surface area contributed by atoms with Crippen molar-refractivity contribution < 1.29 is 31.2 Å². The van der Waals surface area contributed by atoms with Gasteiger partial charge in [0.15, 0.2) is 24.5 Å². The molecule has 1 amide bonds. The Bertz CT molecular complexity index is 1470. The Balaban J connectivity index is 1.90. The van der Waals surface area contributed by atoms with E-state index in [0.29, 0.717) is 15.8 Å². The fraction of sp³-hybridized carbons (Fsp3) is 0.286. The average Bonchev–Trinajstić information content (AvgIpc) is 3.08. The molecule has 0 aliphatic rings. The van der Waals surface area contributed by atoms with E-state index in [4.69, 9.17) is 4.74 Å². The zero-order valence-corrected chi connectivity index (χ0v) is 20.4. The number of hydrogen-bond acceptors (Lipinski definition) is 8. The van der Waals surface area contributed by atoms with Gasteiger partial charge in [0.05, 0.1) is 33.7 Å². The molecule has 0 fully saturated rings. The molecule has 1 heterocycles. The Morgan fingerprint density at radius 3 is 2.39 bits per heavy atom. The molecule has 0 unspecified atom stereocenters. The number of aromatic nitrogens is 1. The van der Waals surface area contributed by atoms with Gasteiger partial charge in [-0.2, -0.15) is 4.99 Å². The summed E-state index contributed by atoms with van der Waals surface area (Å²) in [5, 5.41) is 0. The van der Waals surface area contributed by atoms with Crippen molar-refractivity contribution in [3.05, 3.63) is 58.9 Å². The lowest BCUT2D eigenvalue weighted by Gasteiger charge is -2.05. The second-order valence-corrected chi connectivity index (χ2v) is 12.5. The number of rotatable bonds is 8. The first-order valence-electron chi connectivity index (χ1n) is 9.71. The molecule has 0 saturated carbocycles. The largest absolute Gasteiger partial charge is 0.468 e. The van der Waals surface area contributed by atoms with E-state index >= 15 is 0 Å². The van der Waals surface area contributed by atoms with Crippen LogP contribution in [0.2, 0.25) is 0 Å². The third kappa shape index (κ3) is 6.59. The van der Waals surface area contributed by atoms with Crippen LogP contribution in [0.25, 0.3) is 10.2 Å². The van der Waals surface area contributed by atoms with Crippen molar-refractivity contribution in [2.75, 3.05) is 19.1 Å². The third-order valence-corrected chi connectivity index (χ3v) is 8.42. The van der Waals surface area contributed by atoms with Crippen molar-refractivity contribution in [2.24, 2.45) is 4.99 Å². The van der Waals surface area contributed by atoms with Gasteiger partial charge >= 0.3 is 5.97 Å². The molecule has 12 heteroatoms. The Labute approximate surface area is 195 Å². The van der Waals surface area contributed by atoms with E-state index < -0.39 is 31.6 Å². The fourth-order valence-electron chi connectivity index (χ4n) is 3.02. The minimum Gasteiger partial charge on any atom is -0.468 e. The van der Waals surface area contributed by atoms with Crippen LogP contribution in [0.1, 0.15) is 12.0 Å². The van der Waals surface area contributed by atoms with Crippen molar-refractivity contribution in [3.63, 3.8) is 0 Å². The zero-order chi connectivity index (χ0) is 24.2. The first-order valence-corrected chi connectivity index (χ1v) is 14.2. The number of nitrogens with zero attached hydrogens (tertiary/aromatic N) is 2. The maximum Gasteiger partial charge on any atom is 0.325 e. The van der Waals surface area contributed by atoms with Gasteiger partial charge in [-0.15, -0.1) is 0 Å². The predicted molar refractivity (Wildman–Crippen MR) is 124 cm³/mol. The van der Waals surface area contributed by atoms with Gasteiger partial charge < -0.3 is 9.30 Å². The van der Waals surface area contributed by atoms with Crippen LogP contribution in [0.15, 0.2) is 58.4 Å². The number of benzene rings is 2. The van der Waals surface area contributed by atoms with Gasteiger partial charge in [-0.1, -0.05) is 41.7 Å². The standard InChI is InChI=1S/C21H22N2O7S3/c1-30-20(25)13-23-17-9-8-16(32(2,26)27)12-18(17)31-21(23)22-19(24)10-11-33(28,29)14-15-6-4-3-5-7-15/h3-9,12H,10-11,13-14H2,1-2H3. The van der Waals surface area contributed by atoms with E-state index in [0.717, 1.165) is 17.6 Å². The summed E-state index contributed by atoms with van der Waals surface area (Å²) < 4.78 is 55.1. The van der Waals surface area contributed by atoms with Crippen molar-refractivity contribution in [1.82, 2.24) is 4.57 Å². The Hall–Kier alpha value is -2.83. The lowest BCUT2D eigenvalue weighted by Crippen LogP contribution is -2.23. The van der Waals surface area contributed by atoms with E-state index in [2.05, 4.69) is 4.99 Å². The predicted octanol–water partition coefficient (Wildman–Crippen LogP) is 1.71. The van der Waals surface area contributed by atoms with Gasteiger partial charge in [0.2, 0.25) is 5.91 Å². The maximum atomic E-state index is 12.5. The van der Waals surface area contributed by atoms with Crippen LogP contribution in [-0.2, 0) is 46.3 Å². The van der Waals surface area contributed by atoms with Crippen LogP contribution in [0.5, 0.6) is 0 Å². The van der Waals surface area contributed by atoms with Crippen LogP contribution in [0.4, 0.5) is 0 Å². The Kier molecular flexibility index (Phi) is 7.50. The molecule has 0 bridgehead atoms. The highest BCUT2D eigenvalue weighted by molar-refractivity contribution is 7.91. The van der Waals surface area contributed by atoms with Crippen molar-refractivity contribution >= 4 is 53.1 Å². The van der Waals surface area contributed by atoms with E-state index in [-0.39, 0.29) is 34.2 Å². The fourth-order valence-corrected chi connectivity index (χ4v) is 6.16. The molecule has 0 N–H and O–H groups in total. The van der Waals surface area contributed by atoms with Crippen molar-refractivity contribution in [3.8, 4) is 0 Å². The maximum absolute atomic E-state index is 12.5. The summed E-state index contributed by atoms with van der Waals surface area (Å²) in [7, 11) is -5.76. The molecular weight excluding hydrogens is 488 g/mol. The van der Waals surface area contributed by atoms with Gasteiger partial charge in [-0.25, -0.2) is 16.8 Å². The summed E-state index contributed by atoms with van der Waals surface area (Å²) in [6, 6.07) is 13.0. The molecule has 0 aliphatic carbocycles. The number of sulfone groups is 2. The second kappa shape index (κ2) is 9.98. The molecule has 1 aromatic heterocycles. The number of fused-ring (bicyclic) bond motifs is 1. The molecule has 0 spiro atoms. The molecule has 0 saturated heterocycles. The van der Waals surface area contributed by atoms with Crippen LogP contribution in [0.3, 0.4) is 0 Å². The quantitative estimate of drug-likeness (QED) is 0.422. The molecule has 2 aromatic carbocycles. The van der Waals surface area contributed by atoms with Gasteiger partial charge in [0.1, 0.15) is 6.54 Å². The number of carbonyl (C=O) groups excluding carboxylic acids is 2. The van der Waals surface area contributed by atoms with Gasteiger partial charge in [-0.05, 0) is 23.8 Å². The van der Waals surface area contributed by atoms with Gasteiger partial charge in [-0.3, -0.25) is 9.59 Å². The summed E-state index contributed by atoms with van der Waals surface area (Å²) in [6.07, 6.45) is 0.755. The first-order chi connectivity index (χ1) is 15.5. The number of hydrogen-bond donors (Lipinski definition) is 0. The second-order valence-electron chi connectivity index (χ2n) is 7.28. The van der Waals surface area contributed by atoms with Crippen LogP contribution in [0, 0.1) is 0 Å². The number of methoxy groups -OCH3 is 1. The summed E-state index contributed by atoms with van der Waals surface area (Å²) in [6.45, 7) is -0.243. The lowest BCUT2D eigenvalue weighted by molar-refractivity contribution is -0.141. The molecular formula is C21H22N2O7S3. The Morgan fingerprint density at radius 1 is 1.06 bits per heavy atom. The van der Waals surface area contributed by atoms with E-state index in [1.165, 1.54) is 29.9 Å². The van der Waals surface area contributed by atoms with Gasteiger partial charge in [0, 0.05) is 12.7 Å². The topological polar surface area (TPSA) is 129 Å². The van der Waals surface area contributed by atoms with E-state index in [1.54, 1.807) is 30.3 Å². The average molecular weight is 511 g/mol. The molecule has 9 nitrogen and oxygen atoms in total. The normalized spacial score (nSPS) is 12.7. The van der Waals surface area contributed by atoms with Crippen LogP contribution >= 0.6 is 11.3 Å². The minimum atomic E-state index is -3.53. The number of amides is 1. The molecule has 176 valence electrons. The minimum absolute atomic E-state index is 0.0892. The lowest BCUT2D eigenvalue weighted by atomic mass is 10.2. The highest BCUT2D eigenvalue weighted by atomic mass is 32.2. The summed E-state index contributed by atoms with van der Waals surface area (Å²) >= 11 is 1.02. The monoisotopic (exact) mass is 510 g/mol. The van der Waals surface area contributed by atoms with E-state index in [1.807, 2.05) is 0 Å². The molecule has 3 aromatic rings. The van der Waals surface area contributed by atoms with Crippen molar-refractivity contribution in [2.45, 2.75) is 23.6 Å². The number of thiazole rings is 1. The first kappa shape index (κ1) is 24.8. The molecule has 0 aliphatic heterocycles. The zero-order valence-electron chi connectivity index (χ0n) is 17.9. The highest BCUT2D eigenvalue weighted by Crippen LogP contribution is 2.22.